The Kier molecular flexibility index (Phi) is 10.3. The van der Waals surface area contributed by atoms with E-state index in [0.29, 0.717) is 37.0 Å². The van der Waals surface area contributed by atoms with Crippen LogP contribution in [0.4, 0.5) is 0 Å². The molecule has 6 nitrogen and oxygen atoms in total. The van der Waals surface area contributed by atoms with E-state index in [1.165, 1.54) is 0 Å². The van der Waals surface area contributed by atoms with Crippen LogP contribution >= 0.6 is 11.8 Å². The number of ether oxygens (including phenoxy) is 3. The first-order chi connectivity index (χ1) is 16.6. The van der Waals surface area contributed by atoms with E-state index in [4.69, 9.17) is 19.3 Å². The summed E-state index contributed by atoms with van der Waals surface area (Å²) in [5, 5.41) is 11.4. The number of thioether (sulfide) groups is 1. The topological polar surface area (TPSA) is 77.0 Å². The summed E-state index contributed by atoms with van der Waals surface area (Å²) >= 11 is 1.54. The highest BCUT2D eigenvalue weighted by Gasteiger charge is 2.14. The average molecular weight is 482 g/mol. The zero-order valence-corrected chi connectivity index (χ0v) is 20.4. The van der Waals surface area contributed by atoms with Crippen molar-refractivity contribution in [1.82, 2.24) is 5.32 Å². The predicted octanol–water partition coefficient (Wildman–Crippen LogP) is 4.43. The third-order valence-electron chi connectivity index (χ3n) is 5.15. The molecule has 7 heteroatoms. The third-order valence-corrected chi connectivity index (χ3v) is 6.15. The molecule has 0 aliphatic carbocycles. The van der Waals surface area contributed by atoms with Crippen molar-refractivity contribution < 1.29 is 24.1 Å². The summed E-state index contributed by atoms with van der Waals surface area (Å²) in [6, 6.07) is 22.4. The maximum atomic E-state index is 11.7. The number of carbonyl (C=O) groups is 1. The number of rotatable bonds is 13. The standard InChI is InChI=1S/C27H31NO5S/c1-31-25-15-23(14-24(27(25)32-2)17-33-16-20-6-4-3-5-7-20)22-10-8-21(9-11-22)18-34-19-26(30)28-12-13-29/h3-11,14-15,29H,12-13,16-19H2,1-2H3,(H,28,30). The van der Waals surface area contributed by atoms with Crippen molar-refractivity contribution >= 4 is 17.7 Å². The van der Waals surface area contributed by atoms with Crippen LogP contribution in [0.25, 0.3) is 11.1 Å². The van der Waals surface area contributed by atoms with Crippen molar-refractivity contribution in [2.45, 2.75) is 19.0 Å². The van der Waals surface area contributed by atoms with Gasteiger partial charge in [0, 0.05) is 17.9 Å². The van der Waals surface area contributed by atoms with Gasteiger partial charge in [-0.05, 0) is 34.4 Å². The number of hydrogen-bond donors (Lipinski definition) is 2. The molecule has 0 heterocycles. The van der Waals surface area contributed by atoms with E-state index in [-0.39, 0.29) is 12.5 Å². The van der Waals surface area contributed by atoms with Gasteiger partial charge >= 0.3 is 0 Å². The van der Waals surface area contributed by atoms with E-state index in [9.17, 15) is 4.79 Å². The maximum Gasteiger partial charge on any atom is 0.230 e. The minimum atomic E-state index is -0.0667. The molecule has 3 aromatic carbocycles. The summed E-state index contributed by atoms with van der Waals surface area (Å²) in [5.41, 5.74) is 5.24. The molecule has 34 heavy (non-hydrogen) atoms. The Morgan fingerprint density at radius 3 is 2.35 bits per heavy atom. The van der Waals surface area contributed by atoms with Gasteiger partial charge in [0.2, 0.25) is 5.91 Å². The van der Waals surface area contributed by atoms with Gasteiger partial charge in [0.15, 0.2) is 11.5 Å². The summed E-state index contributed by atoms with van der Waals surface area (Å²) in [7, 11) is 3.27. The summed E-state index contributed by atoms with van der Waals surface area (Å²) < 4.78 is 17.2. The molecule has 3 aromatic rings. The van der Waals surface area contributed by atoms with Crippen LogP contribution < -0.4 is 14.8 Å². The van der Waals surface area contributed by atoms with Gasteiger partial charge in [-0.3, -0.25) is 4.79 Å². The van der Waals surface area contributed by atoms with Crippen molar-refractivity contribution in [3.63, 3.8) is 0 Å². The number of aliphatic hydroxyl groups excluding tert-OH is 1. The van der Waals surface area contributed by atoms with E-state index >= 15 is 0 Å². The minimum absolute atomic E-state index is 0.0467. The number of amides is 1. The van der Waals surface area contributed by atoms with Crippen LogP contribution in [0, 0.1) is 0 Å². The molecule has 0 saturated heterocycles. The number of hydrogen-bond acceptors (Lipinski definition) is 6. The molecule has 0 radical (unpaired) electrons. The fraction of sp³-hybridized carbons (Fsp3) is 0.296. The molecule has 0 unspecified atom stereocenters. The molecule has 0 aliphatic heterocycles. The molecule has 2 N–H and O–H groups in total. The second kappa shape index (κ2) is 13.6. The van der Waals surface area contributed by atoms with E-state index < -0.39 is 0 Å². The number of nitrogens with one attached hydrogen (secondary N) is 1. The van der Waals surface area contributed by atoms with Crippen molar-refractivity contribution in [3.05, 3.63) is 83.4 Å². The fourth-order valence-electron chi connectivity index (χ4n) is 3.47. The molecule has 0 spiro atoms. The van der Waals surface area contributed by atoms with Crippen molar-refractivity contribution in [2.24, 2.45) is 0 Å². The van der Waals surface area contributed by atoms with E-state index in [0.717, 1.165) is 33.6 Å². The summed E-state index contributed by atoms with van der Waals surface area (Å²) in [6.45, 7) is 1.16. The highest BCUT2D eigenvalue weighted by Crippen LogP contribution is 2.37. The molecule has 0 atom stereocenters. The largest absolute Gasteiger partial charge is 0.493 e. The molecule has 180 valence electrons. The van der Waals surface area contributed by atoms with E-state index in [2.05, 4.69) is 35.6 Å². The molecule has 0 fully saturated rings. The van der Waals surface area contributed by atoms with Crippen molar-refractivity contribution in [2.75, 3.05) is 33.1 Å². The van der Waals surface area contributed by atoms with Crippen LogP contribution in [0.5, 0.6) is 11.5 Å². The Morgan fingerprint density at radius 1 is 0.912 bits per heavy atom. The molecule has 3 rings (SSSR count). The zero-order chi connectivity index (χ0) is 24.2. The van der Waals surface area contributed by atoms with Crippen LogP contribution in [-0.4, -0.2) is 44.1 Å². The van der Waals surface area contributed by atoms with E-state index in [1.54, 1.807) is 26.0 Å². The lowest BCUT2D eigenvalue weighted by Crippen LogP contribution is -2.27. The Morgan fingerprint density at radius 2 is 1.68 bits per heavy atom. The van der Waals surface area contributed by atoms with Gasteiger partial charge in [-0.25, -0.2) is 0 Å². The van der Waals surface area contributed by atoms with Crippen LogP contribution in [0.3, 0.4) is 0 Å². The predicted molar refractivity (Wildman–Crippen MR) is 136 cm³/mol. The minimum Gasteiger partial charge on any atom is -0.493 e. The second-order valence-electron chi connectivity index (χ2n) is 7.61. The molecule has 0 aromatic heterocycles. The molecular formula is C27H31NO5S. The average Bonchev–Trinajstić information content (AvgIpc) is 2.88. The van der Waals surface area contributed by atoms with Crippen LogP contribution in [0.15, 0.2) is 66.7 Å². The Labute approximate surface area is 205 Å². The SMILES string of the molecule is COc1cc(-c2ccc(CSCC(=O)NCCO)cc2)cc(COCc2ccccc2)c1OC. The van der Waals surface area contributed by atoms with Gasteiger partial charge in [0.1, 0.15) is 0 Å². The highest BCUT2D eigenvalue weighted by atomic mass is 32.2. The van der Waals surface area contributed by atoms with Crippen LogP contribution in [0.2, 0.25) is 0 Å². The second-order valence-corrected chi connectivity index (χ2v) is 8.60. The summed E-state index contributed by atoms with van der Waals surface area (Å²) in [4.78, 5) is 11.7. The highest BCUT2D eigenvalue weighted by molar-refractivity contribution is 7.99. The van der Waals surface area contributed by atoms with Crippen molar-refractivity contribution in [3.8, 4) is 22.6 Å². The Hall–Kier alpha value is -3.00. The normalized spacial score (nSPS) is 10.7. The first kappa shape index (κ1) is 25.6. The first-order valence-corrected chi connectivity index (χ1v) is 12.2. The van der Waals surface area contributed by atoms with Gasteiger partial charge in [-0.2, -0.15) is 0 Å². The summed E-state index contributed by atoms with van der Waals surface area (Å²) in [5.74, 6) is 2.36. The van der Waals surface area contributed by atoms with Crippen molar-refractivity contribution in [1.29, 1.82) is 0 Å². The third kappa shape index (κ3) is 7.52. The maximum absolute atomic E-state index is 11.7. The van der Waals surface area contributed by atoms with Crippen LogP contribution in [0.1, 0.15) is 16.7 Å². The van der Waals surface area contributed by atoms with Gasteiger partial charge in [0.05, 0.1) is 39.8 Å². The molecule has 0 saturated carbocycles. The molecule has 1 amide bonds. The molecule has 0 aliphatic rings. The Balaban J connectivity index is 1.68. The molecular weight excluding hydrogens is 450 g/mol. The lowest BCUT2D eigenvalue weighted by molar-refractivity contribution is -0.118. The van der Waals surface area contributed by atoms with Gasteiger partial charge < -0.3 is 24.6 Å². The monoisotopic (exact) mass is 481 g/mol. The quantitative estimate of drug-likeness (QED) is 0.376. The lowest BCUT2D eigenvalue weighted by atomic mass is 10.0. The van der Waals surface area contributed by atoms with Gasteiger partial charge in [0.25, 0.3) is 0 Å². The summed E-state index contributed by atoms with van der Waals surface area (Å²) in [6.07, 6.45) is 0. The number of benzene rings is 3. The van der Waals surface area contributed by atoms with Crippen LogP contribution in [-0.2, 0) is 28.5 Å². The number of carbonyl (C=O) groups excluding carboxylic acids is 1. The van der Waals surface area contributed by atoms with Gasteiger partial charge in [-0.15, -0.1) is 11.8 Å². The zero-order valence-electron chi connectivity index (χ0n) is 19.6. The Bertz CT molecular complexity index is 1040. The van der Waals surface area contributed by atoms with E-state index in [1.807, 2.05) is 36.4 Å². The first-order valence-electron chi connectivity index (χ1n) is 11.1. The number of methoxy groups -OCH3 is 2. The smallest absolute Gasteiger partial charge is 0.230 e. The lowest BCUT2D eigenvalue weighted by Gasteiger charge is -2.16. The van der Waals surface area contributed by atoms with Gasteiger partial charge in [-0.1, -0.05) is 54.6 Å². The molecule has 0 bridgehead atoms. The fourth-order valence-corrected chi connectivity index (χ4v) is 4.29. The number of aliphatic hydroxyl groups is 1.